The molecule has 1 amide bonds. The van der Waals surface area contributed by atoms with E-state index in [1.807, 2.05) is 0 Å². The summed E-state index contributed by atoms with van der Waals surface area (Å²) >= 11 is 0. The Morgan fingerprint density at radius 2 is 1.52 bits per heavy atom. The minimum absolute atomic E-state index is 0.253. The lowest BCUT2D eigenvalue weighted by molar-refractivity contribution is -0.127. The van der Waals surface area contributed by atoms with Crippen molar-refractivity contribution in [3.8, 4) is 0 Å². The highest BCUT2D eigenvalue weighted by atomic mass is 16.1. The van der Waals surface area contributed by atoms with E-state index in [4.69, 9.17) is 0 Å². The molecule has 21 heavy (non-hydrogen) atoms. The zero-order chi connectivity index (χ0) is 15.4. The molecule has 3 heteroatoms. The summed E-state index contributed by atoms with van der Waals surface area (Å²) in [6, 6.07) is 1.05. The normalized spacial score (nSPS) is 29.0. The van der Waals surface area contributed by atoms with Crippen LogP contribution < -0.4 is 5.32 Å². The molecular weight excluding hydrogens is 260 g/mol. The highest BCUT2D eigenvalue weighted by molar-refractivity contribution is 5.79. The van der Waals surface area contributed by atoms with Crippen molar-refractivity contribution >= 4 is 5.91 Å². The van der Waals surface area contributed by atoms with Gasteiger partial charge in [0.2, 0.25) is 5.91 Å². The topological polar surface area (TPSA) is 32.3 Å². The monoisotopic (exact) mass is 294 g/mol. The van der Waals surface area contributed by atoms with Crippen molar-refractivity contribution in [1.82, 2.24) is 10.2 Å². The zero-order valence-electron chi connectivity index (χ0n) is 14.4. The largest absolute Gasteiger partial charge is 0.353 e. The third-order valence-electron chi connectivity index (χ3n) is 5.69. The molecule has 1 N–H and O–H groups in total. The first kappa shape index (κ1) is 16.8. The summed E-state index contributed by atoms with van der Waals surface area (Å²) in [6.07, 6.45) is 7.00. The van der Waals surface area contributed by atoms with Crippen LogP contribution in [0.25, 0.3) is 0 Å². The van der Waals surface area contributed by atoms with Gasteiger partial charge < -0.3 is 10.2 Å². The molecule has 1 saturated heterocycles. The first-order chi connectivity index (χ1) is 9.97. The molecule has 0 atom stereocenters. The van der Waals surface area contributed by atoms with Crippen LogP contribution in [0.2, 0.25) is 0 Å². The number of nitrogens with one attached hydrogen (secondary N) is 1. The van der Waals surface area contributed by atoms with Crippen molar-refractivity contribution in [2.45, 2.75) is 78.3 Å². The van der Waals surface area contributed by atoms with E-state index in [1.165, 1.54) is 25.7 Å². The van der Waals surface area contributed by atoms with Crippen LogP contribution in [0, 0.1) is 17.8 Å². The summed E-state index contributed by atoms with van der Waals surface area (Å²) in [5.41, 5.74) is 0. The molecule has 1 aliphatic heterocycles. The van der Waals surface area contributed by atoms with Crippen LogP contribution in [0.4, 0.5) is 0 Å². The Kier molecular flexibility index (Phi) is 6.09. The number of hydrogen-bond acceptors (Lipinski definition) is 2. The smallest absolute Gasteiger partial charge is 0.223 e. The fourth-order valence-electron chi connectivity index (χ4n) is 3.93. The third-order valence-corrected chi connectivity index (χ3v) is 5.69. The predicted molar refractivity (Wildman–Crippen MR) is 88.2 cm³/mol. The van der Waals surface area contributed by atoms with E-state index in [-0.39, 0.29) is 5.92 Å². The molecule has 3 nitrogen and oxygen atoms in total. The lowest BCUT2D eigenvalue weighted by atomic mass is 9.79. The van der Waals surface area contributed by atoms with Gasteiger partial charge in [0.05, 0.1) is 0 Å². The molecule has 0 aromatic rings. The van der Waals surface area contributed by atoms with E-state index < -0.39 is 0 Å². The van der Waals surface area contributed by atoms with Gasteiger partial charge >= 0.3 is 0 Å². The molecule has 0 bridgehead atoms. The summed E-state index contributed by atoms with van der Waals surface area (Å²) in [6.45, 7) is 11.3. The second-order valence-electron chi connectivity index (χ2n) is 7.77. The zero-order valence-corrected chi connectivity index (χ0v) is 14.4. The molecule has 2 rings (SSSR count). The molecule has 0 aromatic heterocycles. The van der Waals surface area contributed by atoms with Crippen LogP contribution in [0.1, 0.15) is 66.2 Å². The minimum Gasteiger partial charge on any atom is -0.353 e. The molecule has 1 aliphatic carbocycles. The SMILES string of the molecule is CC(C)C1CCC(NC(=O)C2CCN(C(C)C)CC2)CC1. The van der Waals surface area contributed by atoms with Gasteiger partial charge in [0, 0.05) is 18.0 Å². The molecule has 0 aromatic carbocycles. The first-order valence-corrected chi connectivity index (χ1v) is 9.01. The van der Waals surface area contributed by atoms with Crippen LogP contribution in [-0.4, -0.2) is 36.0 Å². The quantitative estimate of drug-likeness (QED) is 0.861. The standard InChI is InChI=1S/C18H34N2O/c1-13(2)15-5-7-17(8-6-15)19-18(21)16-9-11-20(12-10-16)14(3)4/h13-17H,5-12H2,1-4H3,(H,19,21). The molecule has 2 aliphatic rings. The molecule has 0 radical (unpaired) electrons. The van der Waals surface area contributed by atoms with Crippen molar-refractivity contribution in [2.75, 3.05) is 13.1 Å². The van der Waals surface area contributed by atoms with Crippen molar-refractivity contribution in [3.05, 3.63) is 0 Å². The second-order valence-corrected chi connectivity index (χ2v) is 7.77. The van der Waals surface area contributed by atoms with Crippen LogP contribution in [-0.2, 0) is 4.79 Å². The molecular formula is C18H34N2O. The number of nitrogens with zero attached hydrogens (tertiary/aromatic N) is 1. The second kappa shape index (κ2) is 7.62. The average molecular weight is 294 g/mol. The van der Waals surface area contributed by atoms with Crippen molar-refractivity contribution in [3.63, 3.8) is 0 Å². The number of amides is 1. The average Bonchev–Trinajstić information content (AvgIpc) is 2.47. The van der Waals surface area contributed by atoms with Crippen LogP contribution in [0.15, 0.2) is 0 Å². The fraction of sp³-hybridized carbons (Fsp3) is 0.944. The maximum atomic E-state index is 12.4. The van der Waals surface area contributed by atoms with Gasteiger partial charge in [-0.25, -0.2) is 0 Å². The van der Waals surface area contributed by atoms with E-state index >= 15 is 0 Å². The Labute approximate surface area is 130 Å². The summed E-state index contributed by atoms with van der Waals surface area (Å²) in [7, 11) is 0. The van der Waals surface area contributed by atoms with Gasteiger partial charge in [-0.05, 0) is 77.3 Å². The minimum atomic E-state index is 0.253. The summed E-state index contributed by atoms with van der Waals surface area (Å²) in [5, 5.41) is 3.33. The van der Waals surface area contributed by atoms with E-state index in [9.17, 15) is 4.79 Å². The van der Waals surface area contributed by atoms with Crippen LogP contribution in [0.3, 0.4) is 0 Å². The van der Waals surface area contributed by atoms with Crippen LogP contribution in [0.5, 0.6) is 0 Å². The molecule has 0 spiro atoms. The van der Waals surface area contributed by atoms with Gasteiger partial charge in [0.1, 0.15) is 0 Å². The number of likely N-dealkylation sites (tertiary alicyclic amines) is 1. The fourth-order valence-corrected chi connectivity index (χ4v) is 3.93. The number of carbonyl (C=O) groups is 1. The highest BCUT2D eigenvalue weighted by Gasteiger charge is 2.29. The number of rotatable bonds is 4. The van der Waals surface area contributed by atoms with Gasteiger partial charge in [-0.1, -0.05) is 13.8 Å². The lowest BCUT2D eigenvalue weighted by Gasteiger charge is -2.36. The van der Waals surface area contributed by atoms with Crippen molar-refractivity contribution < 1.29 is 4.79 Å². The summed E-state index contributed by atoms with van der Waals surface area (Å²) in [5.74, 6) is 2.24. The molecule has 1 saturated carbocycles. The Morgan fingerprint density at radius 1 is 0.952 bits per heavy atom. The van der Waals surface area contributed by atoms with E-state index in [0.717, 1.165) is 37.8 Å². The predicted octanol–water partition coefficient (Wildman–Crippen LogP) is 3.44. The van der Waals surface area contributed by atoms with Crippen LogP contribution >= 0.6 is 0 Å². The van der Waals surface area contributed by atoms with Crippen molar-refractivity contribution in [2.24, 2.45) is 17.8 Å². The number of hydrogen-bond donors (Lipinski definition) is 1. The van der Waals surface area contributed by atoms with E-state index in [1.54, 1.807) is 0 Å². The van der Waals surface area contributed by atoms with E-state index in [0.29, 0.717) is 18.0 Å². The number of piperidine rings is 1. The maximum absolute atomic E-state index is 12.4. The Bertz CT molecular complexity index is 324. The third kappa shape index (κ3) is 4.70. The number of carbonyl (C=O) groups excluding carboxylic acids is 1. The Balaban J connectivity index is 1.71. The van der Waals surface area contributed by atoms with Crippen molar-refractivity contribution in [1.29, 1.82) is 0 Å². The Morgan fingerprint density at radius 3 is 2.00 bits per heavy atom. The van der Waals surface area contributed by atoms with Gasteiger partial charge in [0.25, 0.3) is 0 Å². The van der Waals surface area contributed by atoms with Gasteiger partial charge in [0.15, 0.2) is 0 Å². The summed E-state index contributed by atoms with van der Waals surface area (Å²) < 4.78 is 0. The highest BCUT2D eigenvalue weighted by Crippen LogP contribution is 2.30. The van der Waals surface area contributed by atoms with Gasteiger partial charge in [-0.3, -0.25) is 4.79 Å². The molecule has 1 heterocycles. The van der Waals surface area contributed by atoms with Gasteiger partial charge in [-0.2, -0.15) is 0 Å². The molecule has 2 fully saturated rings. The maximum Gasteiger partial charge on any atom is 0.223 e. The van der Waals surface area contributed by atoms with E-state index in [2.05, 4.69) is 37.9 Å². The Hall–Kier alpha value is -0.570. The lowest BCUT2D eigenvalue weighted by Crippen LogP contribution is -2.46. The van der Waals surface area contributed by atoms with Gasteiger partial charge in [-0.15, -0.1) is 0 Å². The molecule has 0 unspecified atom stereocenters. The molecule has 122 valence electrons. The first-order valence-electron chi connectivity index (χ1n) is 9.01. The summed E-state index contributed by atoms with van der Waals surface area (Å²) in [4.78, 5) is 14.9.